The third-order valence-corrected chi connectivity index (χ3v) is 3.61. The van der Waals surface area contributed by atoms with E-state index < -0.39 is 0 Å². The molecule has 0 aliphatic carbocycles. The van der Waals surface area contributed by atoms with E-state index in [0.29, 0.717) is 23.9 Å². The highest BCUT2D eigenvalue weighted by atomic mass is 35.5. The SMILES string of the molecule is O=C(NCCOc1ccccc1)c1ccc(-c2ccc(Cl)cc2)o1. The van der Waals surface area contributed by atoms with Crippen LogP contribution in [0.15, 0.2) is 71.1 Å². The van der Waals surface area contributed by atoms with E-state index in [1.807, 2.05) is 42.5 Å². The number of hydrogen-bond acceptors (Lipinski definition) is 3. The number of rotatable bonds is 6. The maximum Gasteiger partial charge on any atom is 0.287 e. The van der Waals surface area contributed by atoms with Crippen molar-refractivity contribution in [2.24, 2.45) is 0 Å². The molecule has 0 radical (unpaired) electrons. The minimum Gasteiger partial charge on any atom is -0.492 e. The normalized spacial score (nSPS) is 10.4. The molecule has 0 aliphatic rings. The van der Waals surface area contributed by atoms with E-state index in [1.54, 1.807) is 24.3 Å². The van der Waals surface area contributed by atoms with Crippen LogP contribution in [0.25, 0.3) is 11.3 Å². The van der Waals surface area contributed by atoms with Crippen LogP contribution in [0, 0.1) is 0 Å². The van der Waals surface area contributed by atoms with Gasteiger partial charge in [-0.25, -0.2) is 0 Å². The van der Waals surface area contributed by atoms with Crippen LogP contribution in [0.5, 0.6) is 5.75 Å². The summed E-state index contributed by atoms with van der Waals surface area (Å²) in [7, 11) is 0. The molecule has 1 aromatic heterocycles. The molecule has 2 aromatic carbocycles. The van der Waals surface area contributed by atoms with Crippen LogP contribution in [0.3, 0.4) is 0 Å². The van der Waals surface area contributed by atoms with E-state index in [-0.39, 0.29) is 11.7 Å². The van der Waals surface area contributed by atoms with Crippen molar-refractivity contribution >= 4 is 17.5 Å². The molecule has 0 spiro atoms. The van der Waals surface area contributed by atoms with Crippen molar-refractivity contribution in [2.75, 3.05) is 13.2 Å². The van der Waals surface area contributed by atoms with E-state index in [2.05, 4.69) is 5.32 Å². The maximum absolute atomic E-state index is 12.1. The van der Waals surface area contributed by atoms with Gasteiger partial charge in [-0.05, 0) is 48.5 Å². The Hall–Kier alpha value is -2.72. The van der Waals surface area contributed by atoms with Gasteiger partial charge in [-0.3, -0.25) is 4.79 Å². The Morgan fingerprint density at radius 2 is 1.75 bits per heavy atom. The second-order valence-corrected chi connectivity index (χ2v) is 5.52. The zero-order chi connectivity index (χ0) is 16.8. The minimum atomic E-state index is -0.271. The molecule has 24 heavy (non-hydrogen) atoms. The van der Waals surface area contributed by atoms with Gasteiger partial charge in [-0.1, -0.05) is 29.8 Å². The summed E-state index contributed by atoms with van der Waals surface area (Å²) < 4.78 is 11.1. The molecule has 3 rings (SSSR count). The zero-order valence-electron chi connectivity index (χ0n) is 12.9. The lowest BCUT2D eigenvalue weighted by Gasteiger charge is -2.06. The Bertz CT molecular complexity index is 797. The van der Waals surface area contributed by atoms with Gasteiger partial charge >= 0.3 is 0 Å². The number of furan rings is 1. The fourth-order valence-electron chi connectivity index (χ4n) is 2.17. The Morgan fingerprint density at radius 1 is 1.00 bits per heavy atom. The highest BCUT2D eigenvalue weighted by molar-refractivity contribution is 6.30. The average molecular weight is 342 g/mol. The van der Waals surface area contributed by atoms with Crippen molar-refractivity contribution in [1.29, 1.82) is 0 Å². The van der Waals surface area contributed by atoms with Gasteiger partial charge in [-0.2, -0.15) is 0 Å². The smallest absolute Gasteiger partial charge is 0.287 e. The standard InChI is InChI=1S/C19H16ClNO3/c20-15-8-6-14(7-9-15)17-10-11-18(24-17)19(22)21-12-13-23-16-4-2-1-3-5-16/h1-11H,12-13H2,(H,21,22). The molecule has 0 unspecified atom stereocenters. The second kappa shape index (κ2) is 7.70. The molecule has 0 atom stereocenters. The number of benzene rings is 2. The molecule has 5 heteroatoms. The van der Waals surface area contributed by atoms with Gasteiger partial charge in [0, 0.05) is 10.6 Å². The third kappa shape index (κ3) is 4.18. The summed E-state index contributed by atoms with van der Waals surface area (Å²) in [5.41, 5.74) is 0.867. The summed E-state index contributed by atoms with van der Waals surface area (Å²) in [4.78, 5) is 12.1. The van der Waals surface area contributed by atoms with Crippen molar-refractivity contribution in [3.8, 4) is 17.1 Å². The third-order valence-electron chi connectivity index (χ3n) is 3.36. The van der Waals surface area contributed by atoms with Crippen LogP contribution >= 0.6 is 11.6 Å². The van der Waals surface area contributed by atoms with Crippen LogP contribution in [0.1, 0.15) is 10.6 Å². The molecule has 0 saturated carbocycles. The van der Waals surface area contributed by atoms with Gasteiger partial charge in [0.05, 0.1) is 6.54 Å². The van der Waals surface area contributed by atoms with E-state index in [4.69, 9.17) is 20.8 Å². The number of amides is 1. The second-order valence-electron chi connectivity index (χ2n) is 5.09. The van der Waals surface area contributed by atoms with E-state index in [0.717, 1.165) is 11.3 Å². The summed E-state index contributed by atoms with van der Waals surface area (Å²) in [6, 6.07) is 20.1. The Kier molecular flexibility index (Phi) is 5.18. The summed E-state index contributed by atoms with van der Waals surface area (Å²) in [6.45, 7) is 0.783. The van der Waals surface area contributed by atoms with Crippen molar-refractivity contribution in [3.63, 3.8) is 0 Å². The van der Waals surface area contributed by atoms with Crippen LogP contribution in [-0.2, 0) is 0 Å². The van der Waals surface area contributed by atoms with Crippen molar-refractivity contribution in [3.05, 3.63) is 77.5 Å². The first kappa shape index (κ1) is 16.1. The molecule has 4 nitrogen and oxygen atoms in total. The van der Waals surface area contributed by atoms with Crippen LogP contribution in [-0.4, -0.2) is 19.1 Å². The lowest BCUT2D eigenvalue weighted by atomic mass is 10.2. The molecule has 0 saturated heterocycles. The molecular weight excluding hydrogens is 326 g/mol. The fraction of sp³-hybridized carbons (Fsp3) is 0.105. The Balaban J connectivity index is 1.51. The van der Waals surface area contributed by atoms with Gasteiger partial charge in [0.2, 0.25) is 0 Å². The summed E-state index contributed by atoms with van der Waals surface area (Å²) in [6.07, 6.45) is 0. The van der Waals surface area contributed by atoms with Crippen LogP contribution in [0.4, 0.5) is 0 Å². The number of hydrogen-bond donors (Lipinski definition) is 1. The highest BCUT2D eigenvalue weighted by Crippen LogP contribution is 2.23. The molecule has 122 valence electrons. The van der Waals surface area contributed by atoms with Crippen molar-refractivity contribution < 1.29 is 13.9 Å². The molecular formula is C19H16ClNO3. The first-order chi connectivity index (χ1) is 11.7. The molecule has 0 aliphatic heterocycles. The maximum atomic E-state index is 12.1. The van der Waals surface area contributed by atoms with Gasteiger partial charge in [0.1, 0.15) is 18.1 Å². The van der Waals surface area contributed by atoms with Crippen LogP contribution < -0.4 is 10.1 Å². The van der Waals surface area contributed by atoms with E-state index in [1.165, 1.54) is 0 Å². The zero-order valence-corrected chi connectivity index (χ0v) is 13.6. The van der Waals surface area contributed by atoms with E-state index >= 15 is 0 Å². The first-order valence-corrected chi connectivity index (χ1v) is 7.92. The molecule has 1 amide bonds. The van der Waals surface area contributed by atoms with Gasteiger partial charge < -0.3 is 14.5 Å². The first-order valence-electron chi connectivity index (χ1n) is 7.54. The number of nitrogens with one attached hydrogen (secondary N) is 1. The number of carbonyl (C=O) groups excluding carboxylic acids is 1. The molecule has 3 aromatic rings. The largest absolute Gasteiger partial charge is 0.492 e. The summed E-state index contributed by atoms with van der Waals surface area (Å²) in [5.74, 6) is 1.39. The number of halogens is 1. The number of para-hydroxylation sites is 1. The van der Waals surface area contributed by atoms with Crippen LogP contribution in [0.2, 0.25) is 5.02 Å². The Labute approximate surface area is 145 Å². The molecule has 0 bridgehead atoms. The van der Waals surface area contributed by atoms with Gasteiger partial charge in [0.25, 0.3) is 5.91 Å². The molecule has 0 fully saturated rings. The predicted molar refractivity (Wildman–Crippen MR) is 93.4 cm³/mol. The van der Waals surface area contributed by atoms with Gasteiger partial charge in [-0.15, -0.1) is 0 Å². The molecule has 1 heterocycles. The lowest BCUT2D eigenvalue weighted by molar-refractivity contribution is 0.0920. The van der Waals surface area contributed by atoms with E-state index in [9.17, 15) is 4.79 Å². The summed E-state index contributed by atoms with van der Waals surface area (Å²) >= 11 is 5.86. The Morgan fingerprint density at radius 3 is 2.50 bits per heavy atom. The van der Waals surface area contributed by atoms with Crippen molar-refractivity contribution in [1.82, 2.24) is 5.32 Å². The number of carbonyl (C=O) groups is 1. The predicted octanol–water partition coefficient (Wildman–Crippen LogP) is 4.41. The quantitative estimate of drug-likeness (QED) is 0.676. The minimum absolute atomic E-state index is 0.264. The topological polar surface area (TPSA) is 51.5 Å². The monoisotopic (exact) mass is 341 g/mol. The highest BCUT2D eigenvalue weighted by Gasteiger charge is 2.11. The van der Waals surface area contributed by atoms with Gasteiger partial charge in [0.15, 0.2) is 5.76 Å². The van der Waals surface area contributed by atoms with Crippen molar-refractivity contribution in [2.45, 2.75) is 0 Å². The average Bonchev–Trinajstić information content (AvgIpc) is 3.10. The lowest BCUT2D eigenvalue weighted by Crippen LogP contribution is -2.27. The number of ether oxygens (including phenoxy) is 1. The molecule has 1 N–H and O–H groups in total. The summed E-state index contributed by atoms with van der Waals surface area (Å²) in [5, 5.41) is 3.42. The fourth-order valence-corrected chi connectivity index (χ4v) is 2.29.